The number of hydrogen-bond donors (Lipinski definition) is 2. The standard InChI is InChI=1S/C20H28N2O5/c1-6-26-19(23)17-13(4)21-20(24)22-18(17)14-7-8-15(16(11-14)25-5)27-10-9-12(2)3/h7-8,11-12,18H,6,9-10H2,1-5H3,(H2,21,22,24). The van der Waals surface area contributed by atoms with Gasteiger partial charge in [0.2, 0.25) is 0 Å². The number of amides is 2. The average molecular weight is 376 g/mol. The topological polar surface area (TPSA) is 85.9 Å². The Bertz CT molecular complexity index is 727. The molecule has 0 radical (unpaired) electrons. The van der Waals surface area contributed by atoms with Crippen molar-refractivity contribution in [3.63, 3.8) is 0 Å². The zero-order valence-electron chi connectivity index (χ0n) is 16.5. The van der Waals surface area contributed by atoms with Crippen LogP contribution in [0.25, 0.3) is 0 Å². The van der Waals surface area contributed by atoms with Crippen LogP contribution in [0.2, 0.25) is 0 Å². The maximum Gasteiger partial charge on any atom is 0.338 e. The fourth-order valence-electron chi connectivity index (χ4n) is 2.81. The van der Waals surface area contributed by atoms with Gasteiger partial charge in [-0.3, -0.25) is 0 Å². The SMILES string of the molecule is CCOC(=O)C1=C(C)NC(=O)NC1c1ccc(OCCC(C)C)c(OC)c1. The summed E-state index contributed by atoms with van der Waals surface area (Å²) in [6.45, 7) is 8.53. The van der Waals surface area contributed by atoms with Crippen LogP contribution in [-0.4, -0.2) is 32.3 Å². The summed E-state index contributed by atoms with van der Waals surface area (Å²) in [5, 5.41) is 5.40. The molecule has 1 atom stereocenters. The van der Waals surface area contributed by atoms with Gasteiger partial charge in [0.05, 0.1) is 31.9 Å². The van der Waals surface area contributed by atoms with Crippen molar-refractivity contribution in [3.05, 3.63) is 35.0 Å². The lowest BCUT2D eigenvalue weighted by molar-refractivity contribution is -0.139. The third-order valence-electron chi connectivity index (χ3n) is 4.24. The predicted octanol–water partition coefficient (Wildman–Crippen LogP) is 3.31. The molecule has 1 heterocycles. The van der Waals surface area contributed by atoms with E-state index in [1.165, 1.54) is 0 Å². The van der Waals surface area contributed by atoms with E-state index < -0.39 is 12.0 Å². The van der Waals surface area contributed by atoms with Crippen LogP contribution >= 0.6 is 0 Å². The maximum atomic E-state index is 12.4. The van der Waals surface area contributed by atoms with E-state index in [0.29, 0.717) is 40.9 Å². The number of carbonyl (C=O) groups is 2. The van der Waals surface area contributed by atoms with Gasteiger partial charge in [0.25, 0.3) is 0 Å². The highest BCUT2D eigenvalue weighted by atomic mass is 16.5. The minimum absolute atomic E-state index is 0.252. The Morgan fingerprint density at radius 2 is 2.00 bits per heavy atom. The molecule has 0 saturated carbocycles. The van der Waals surface area contributed by atoms with Gasteiger partial charge in [-0.05, 0) is 43.9 Å². The first-order valence-electron chi connectivity index (χ1n) is 9.13. The number of nitrogens with one attached hydrogen (secondary N) is 2. The minimum Gasteiger partial charge on any atom is -0.493 e. The fraction of sp³-hybridized carbons (Fsp3) is 0.500. The normalized spacial score (nSPS) is 16.7. The second kappa shape index (κ2) is 9.30. The van der Waals surface area contributed by atoms with Gasteiger partial charge >= 0.3 is 12.0 Å². The second-order valence-electron chi connectivity index (χ2n) is 6.73. The van der Waals surface area contributed by atoms with Crippen LogP contribution < -0.4 is 20.1 Å². The van der Waals surface area contributed by atoms with Crippen LogP contribution in [0, 0.1) is 5.92 Å². The fourth-order valence-corrected chi connectivity index (χ4v) is 2.81. The third-order valence-corrected chi connectivity index (χ3v) is 4.24. The summed E-state index contributed by atoms with van der Waals surface area (Å²) < 4.78 is 16.4. The lowest BCUT2D eigenvalue weighted by Crippen LogP contribution is -2.45. The number of allylic oxidation sites excluding steroid dienone is 1. The largest absolute Gasteiger partial charge is 0.493 e. The number of benzene rings is 1. The van der Waals surface area contributed by atoms with Gasteiger partial charge in [-0.15, -0.1) is 0 Å². The third kappa shape index (κ3) is 5.15. The Kier molecular flexibility index (Phi) is 7.10. The summed E-state index contributed by atoms with van der Waals surface area (Å²) in [6.07, 6.45) is 0.935. The molecule has 2 rings (SSSR count). The molecule has 0 spiro atoms. The molecule has 1 aliphatic heterocycles. The number of methoxy groups -OCH3 is 1. The number of carbonyl (C=O) groups excluding carboxylic acids is 2. The quantitative estimate of drug-likeness (QED) is 0.680. The highest BCUT2D eigenvalue weighted by Crippen LogP contribution is 2.34. The molecule has 0 saturated heterocycles. The van der Waals surface area contributed by atoms with E-state index in [0.717, 1.165) is 6.42 Å². The van der Waals surface area contributed by atoms with Crippen molar-refractivity contribution in [1.82, 2.24) is 10.6 Å². The lowest BCUT2D eigenvalue weighted by Gasteiger charge is -2.28. The Balaban J connectivity index is 2.32. The van der Waals surface area contributed by atoms with Crippen LogP contribution in [0.15, 0.2) is 29.5 Å². The van der Waals surface area contributed by atoms with Crippen molar-refractivity contribution in [2.75, 3.05) is 20.3 Å². The lowest BCUT2D eigenvalue weighted by atomic mass is 9.95. The van der Waals surface area contributed by atoms with Crippen LogP contribution in [0.5, 0.6) is 11.5 Å². The van der Waals surface area contributed by atoms with Gasteiger partial charge in [-0.25, -0.2) is 9.59 Å². The summed E-state index contributed by atoms with van der Waals surface area (Å²) in [5.41, 5.74) is 1.55. The van der Waals surface area contributed by atoms with Crippen LogP contribution in [0.1, 0.15) is 45.7 Å². The Hall–Kier alpha value is -2.70. The van der Waals surface area contributed by atoms with E-state index in [-0.39, 0.29) is 12.6 Å². The first kappa shape index (κ1) is 20.6. The Labute approximate surface area is 160 Å². The average Bonchev–Trinajstić information content (AvgIpc) is 2.61. The molecule has 0 aromatic heterocycles. The first-order valence-corrected chi connectivity index (χ1v) is 9.13. The molecule has 7 nitrogen and oxygen atoms in total. The summed E-state index contributed by atoms with van der Waals surface area (Å²) in [4.78, 5) is 24.3. The summed E-state index contributed by atoms with van der Waals surface area (Å²) in [6, 6.07) is 4.38. The monoisotopic (exact) mass is 376 g/mol. The number of esters is 1. The highest BCUT2D eigenvalue weighted by Gasteiger charge is 2.32. The number of urea groups is 1. The summed E-state index contributed by atoms with van der Waals surface area (Å²) in [7, 11) is 1.56. The van der Waals surface area contributed by atoms with Crippen LogP contribution in [-0.2, 0) is 9.53 Å². The van der Waals surface area contributed by atoms with E-state index in [1.807, 2.05) is 6.07 Å². The molecule has 2 N–H and O–H groups in total. The van der Waals surface area contributed by atoms with Gasteiger partial charge in [0.15, 0.2) is 11.5 Å². The summed E-state index contributed by atoms with van der Waals surface area (Å²) in [5.74, 6) is 1.25. The van der Waals surface area contributed by atoms with E-state index in [9.17, 15) is 9.59 Å². The minimum atomic E-state index is -0.628. The Morgan fingerprint density at radius 3 is 2.63 bits per heavy atom. The van der Waals surface area contributed by atoms with Crippen molar-refractivity contribution >= 4 is 12.0 Å². The zero-order valence-corrected chi connectivity index (χ0v) is 16.5. The van der Waals surface area contributed by atoms with E-state index in [4.69, 9.17) is 14.2 Å². The molecule has 148 valence electrons. The smallest absolute Gasteiger partial charge is 0.338 e. The molecule has 0 bridgehead atoms. The number of hydrogen-bond acceptors (Lipinski definition) is 5. The molecular formula is C20H28N2O5. The van der Waals surface area contributed by atoms with Crippen LogP contribution in [0.4, 0.5) is 4.79 Å². The van der Waals surface area contributed by atoms with Crippen molar-refractivity contribution in [2.45, 2.75) is 40.2 Å². The van der Waals surface area contributed by atoms with E-state index >= 15 is 0 Å². The van der Waals surface area contributed by atoms with E-state index in [1.54, 1.807) is 33.1 Å². The van der Waals surface area contributed by atoms with Gasteiger partial charge < -0.3 is 24.8 Å². The summed E-state index contributed by atoms with van der Waals surface area (Å²) >= 11 is 0. The molecule has 0 fully saturated rings. The van der Waals surface area contributed by atoms with Crippen molar-refractivity contribution in [3.8, 4) is 11.5 Å². The Morgan fingerprint density at radius 1 is 1.26 bits per heavy atom. The zero-order chi connectivity index (χ0) is 20.0. The van der Waals surface area contributed by atoms with Gasteiger partial charge in [-0.1, -0.05) is 19.9 Å². The number of rotatable bonds is 8. The molecular weight excluding hydrogens is 348 g/mol. The second-order valence-corrected chi connectivity index (χ2v) is 6.73. The van der Waals surface area contributed by atoms with Crippen molar-refractivity contribution in [1.29, 1.82) is 0 Å². The predicted molar refractivity (Wildman–Crippen MR) is 102 cm³/mol. The highest BCUT2D eigenvalue weighted by molar-refractivity contribution is 5.95. The molecule has 27 heavy (non-hydrogen) atoms. The molecule has 1 aromatic rings. The van der Waals surface area contributed by atoms with E-state index in [2.05, 4.69) is 24.5 Å². The van der Waals surface area contributed by atoms with Gasteiger partial charge in [0, 0.05) is 5.70 Å². The molecule has 1 aromatic carbocycles. The maximum absolute atomic E-state index is 12.4. The first-order chi connectivity index (χ1) is 12.9. The van der Waals surface area contributed by atoms with Crippen molar-refractivity contribution in [2.24, 2.45) is 5.92 Å². The molecule has 7 heteroatoms. The van der Waals surface area contributed by atoms with Gasteiger partial charge in [-0.2, -0.15) is 0 Å². The molecule has 1 aliphatic rings. The van der Waals surface area contributed by atoms with Gasteiger partial charge in [0.1, 0.15) is 0 Å². The van der Waals surface area contributed by atoms with Crippen LogP contribution in [0.3, 0.4) is 0 Å². The molecule has 1 unspecified atom stereocenters. The molecule has 2 amide bonds. The number of ether oxygens (including phenoxy) is 3. The molecule has 0 aliphatic carbocycles. The van der Waals surface area contributed by atoms with Crippen molar-refractivity contribution < 1.29 is 23.8 Å².